The minimum absolute atomic E-state index is 0.0469. The zero-order valence-corrected chi connectivity index (χ0v) is 9.42. The Balaban J connectivity index is 2.84. The van der Waals surface area contributed by atoms with Crippen LogP contribution in [0.15, 0.2) is 0 Å². The maximum atomic E-state index is 6.08. The Morgan fingerprint density at radius 3 is 2.07 bits per heavy atom. The average Bonchev–Trinajstić information content (AvgIpc) is 2.42. The van der Waals surface area contributed by atoms with Crippen molar-refractivity contribution < 1.29 is 0 Å². The van der Waals surface area contributed by atoms with E-state index in [4.69, 9.17) is 12.2 Å². The lowest BCUT2D eigenvalue weighted by Crippen LogP contribution is -2.56. The summed E-state index contributed by atoms with van der Waals surface area (Å²) < 4.78 is 0. The van der Waals surface area contributed by atoms with Crippen molar-refractivity contribution in [2.24, 2.45) is 5.73 Å². The number of hydrogen-bond acceptors (Lipinski definition) is 2. The number of nitrogens with zero attached hydrogens (tertiary/aromatic N) is 1. The fraction of sp³-hybridized carbons (Fsp3) is 0.833. The van der Waals surface area contributed by atoms with Crippen molar-refractivity contribution in [2.45, 2.75) is 50.1 Å². The number of terminal acetylenes is 1. The summed E-state index contributed by atoms with van der Waals surface area (Å²) in [7, 11) is 4.20. The van der Waals surface area contributed by atoms with Crippen molar-refractivity contribution in [1.82, 2.24) is 4.90 Å². The lowest BCUT2D eigenvalue weighted by Gasteiger charge is -2.42. The molecule has 2 N–H and O–H groups in total. The summed E-state index contributed by atoms with van der Waals surface area (Å²) in [5.41, 5.74) is 6.12. The molecular formula is C12H22N2. The maximum absolute atomic E-state index is 6.08. The molecule has 0 radical (unpaired) electrons. The predicted octanol–water partition coefficient (Wildman–Crippen LogP) is 1.60. The molecule has 0 aromatic rings. The highest BCUT2D eigenvalue weighted by Gasteiger charge is 2.38. The van der Waals surface area contributed by atoms with Crippen LogP contribution in [0.5, 0.6) is 0 Å². The van der Waals surface area contributed by atoms with Crippen LogP contribution in [0.3, 0.4) is 0 Å². The van der Waals surface area contributed by atoms with E-state index in [9.17, 15) is 0 Å². The molecule has 0 spiro atoms. The topological polar surface area (TPSA) is 29.3 Å². The van der Waals surface area contributed by atoms with Gasteiger partial charge in [0, 0.05) is 5.54 Å². The monoisotopic (exact) mass is 194 g/mol. The SMILES string of the molecule is C#CC(N)C1(N(C)C)CCCCCC1. The van der Waals surface area contributed by atoms with Crippen molar-refractivity contribution in [1.29, 1.82) is 0 Å². The molecule has 0 saturated heterocycles. The Morgan fingerprint density at radius 2 is 1.71 bits per heavy atom. The van der Waals surface area contributed by atoms with Crippen LogP contribution < -0.4 is 5.73 Å². The summed E-state index contributed by atoms with van der Waals surface area (Å²) in [4.78, 5) is 2.24. The maximum Gasteiger partial charge on any atom is 0.0848 e. The quantitative estimate of drug-likeness (QED) is 0.534. The van der Waals surface area contributed by atoms with Gasteiger partial charge in [-0.1, -0.05) is 31.6 Å². The van der Waals surface area contributed by atoms with Gasteiger partial charge in [0.05, 0.1) is 6.04 Å². The first-order valence-corrected chi connectivity index (χ1v) is 5.52. The first kappa shape index (κ1) is 11.6. The van der Waals surface area contributed by atoms with Gasteiger partial charge in [0.2, 0.25) is 0 Å². The van der Waals surface area contributed by atoms with E-state index in [0.29, 0.717) is 0 Å². The zero-order valence-electron chi connectivity index (χ0n) is 9.42. The third kappa shape index (κ3) is 2.10. The normalized spacial score (nSPS) is 23.9. The molecule has 1 aliphatic rings. The molecule has 0 heterocycles. The average molecular weight is 194 g/mol. The lowest BCUT2D eigenvalue weighted by molar-refractivity contribution is 0.117. The Hall–Kier alpha value is -0.520. The van der Waals surface area contributed by atoms with Gasteiger partial charge >= 0.3 is 0 Å². The summed E-state index contributed by atoms with van der Waals surface area (Å²) >= 11 is 0. The van der Waals surface area contributed by atoms with E-state index < -0.39 is 0 Å². The molecule has 1 aliphatic carbocycles. The van der Waals surface area contributed by atoms with E-state index in [-0.39, 0.29) is 11.6 Å². The van der Waals surface area contributed by atoms with Crippen LogP contribution in [-0.2, 0) is 0 Å². The second-order valence-corrected chi connectivity index (χ2v) is 4.56. The lowest BCUT2D eigenvalue weighted by atomic mass is 9.82. The van der Waals surface area contributed by atoms with Gasteiger partial charge in [-0.3, -0.25) is 0 Å². The Labute approximate surface area is 87.8 Å². The standard InChI is InChI=1S/C12H22N2/c1-4-11(13)12(14(2)3)9-7-5-6-8-10-12/h1,11H,5-10,13H2,2-3H3. The molecule has 0 aliphatic heterocycles. The fourth-order valence-corrected chi connectivity index (χ4v) is 2.53. The van der Waals surface area contributed by atoms with Crippen molar-refractivity contribution >= 4 is 0 Å². The van der Waals surface area contributed by atoms with Crippen LogP contribution in [0.25, 0.3) is 0 Å². The minimum atomic E-state index is -0.129. The Bertz CT molecular complexity index is 207. The van der Waals surface area contributed by atoms with Crippen LogP contribution in [0.2, 0.25) is 0 Å². The molecule has 2 nitrogen and oxygen atoms in total. The van der Waals surface area contributed by atoms with Gasteiger partial charge in [0.25, 0.3) is 0 Å². The number of rotatable bonds is 2. The molecule has 1 saturated carbocycles. The molecule has 1 atom stereocenters. The second kappa shape index (κ2) is 4.82. The first-order valence-electron chi connectivity index (χ1n) is 5.52. The van der Waals surface area contributed by atoms with Crippen molar-refractivity contribution in [3.63, 3.8) is 0 Å². The smallest absolute Gasteiger partial charge is 0.0848 e. The third-order valence-electron chi connectivity index (χ3n) is 3.62. The summed E-state index contributed by atoms with van der Waals surface area (Å²) in [5, 5.41) is 0. The van der Waals surface area contributed by atoms with Gasteiger partial charge in [-0.15, -0.1) is 6.42 Å². The molecule has 1 rings (SSSR count). The fourth-order valence-electron chi connectivity index (χ4n) is 2.53. The number of nitrogens with two attached hydrogens (primary N) is 1. The highest BCUT2D eigenvalue weighted by molar-refractivity contribution is 5.12. The van der Waals surface area contributed by atoms with Gasteiger partial charge in [0.15, 0.2) is 0 Å². The van der Waals surface area contributed by atoms with Crippen LogP contribution in [0.1, 0.15) is 38.5 Å². The van der Waals surface area contributed by atoms with Gasteiger partial charge in [-0.2, -0.15) is 0 Å². The first-order chi connectivity index (χ1) is 6.63. The molecule has 14 heavy (non-hydrogen) atoms. The summed E-state index contributed by atoms with van der Waals surface area (Å²) in [6.07, 6.45) is 12.9. The van der Waals surface area contributed by atoms with E-state index in [2.05, 4.69) is 24.9 Å². The van der Waals surface area contributed by atoms with Gasteiger partial charge in [-0.05, 0) is 26.9 Å². The van der Waals surface area contributed by atoms with Crippen LogP contribution in [0, 0.1) is 12.3 Å². The van der Waals surface area contributed by atoms with Crippen molar-refractivity contribution in [3.8, 4) is 12.3 Å². The van der Waals surface area contributed by atoms with Crippen LogP contribution >= 0.6 is 0 Å². The van der Waals surface area contributed by atoms with Crippen LogP contribution in [0.4, 0.5) is 0 Å². The molecule has 80 valence electrons. The summed E-state index contributed by atoms with van der Waals surface area (Å²) in [5.74, 6) is 2.72. The predicted molar refractivity (Wildman–Crippen MR) is 60.9 cm³/mol. The summed E-state index contributed by atoms with van der Waals surface area (Å²) in [6, 6.07) is -0.129. The second-order valence-electron chi connectivity index (χ2n) is 4.56. The Kier molecular flexibility index (Phi) is 3.97. The minimum Gasteiger partial charge on any atom is -0.316 e. The van der Waals surface area contributed by atoms with E-state index in [1.807, 2.05) is 0 Å². The molecule has 2 heteroatoms. The summed E-state index contributed by atoms with van der Waals surface area (Å²) in [6.45, 7) is 0. The molecule has 0 aromatic carbocycles. The Morgan fingerprint density at radius 1 is 1.21 bits per heavy atom. The third-order valence-corrected chi connectivity index (χ3v) is 3.62. The largest absolute Gasteiger partial charge is 0.316 e. The van der Waals surface area contributed by atoms with E-state index in [1.54, 1.807) is 0 Å². The van der Waals surface area contributed by atoms with Gasteiger partial charge in [0.1, 0.15) is 0 Å². The van der Waals surface area contributed by atoms with E-state index >= 15 is 0 Å². The highest BCUT2D eigenvalue weighted by Crippen LogP contribution is 2.32. The zero-order chi connectivity index (χ0) is 10.6. The highest BCUT2D eigenvalue weighted by atomic mass is 15.2. The van der Waals surface area contributed by atoms with Crippen molar-refractivity contribution in [3.05, 3.63) is 0 Å². The van der Waals surface area contributed by atoms with E-state index in [1.165, 1.54) is 25.7 Å². The molecule has 0 amide bonds. The van der Waals surface area contributed by atoms with Crippen molar-refractivity contribution in [2.75, 3.05) is 14.1 Å². The van der Waals surface area contributed by atoms with Gasteiger partial charge < -0.3 is 10.6 Å². The molecular weight excluding hydrogens is 172 g/mol. The number of hydrogen-bond donors (Lipinski definition) is 1. The molecule has 1 unspecified atom stereocenters. The number of likely N-dealkylation sites (N-methyl/N-ethyl adjacent to an activating group) is 1. The molecule has 1 fully saturated rings. The molecule has 0 bridgehead atoms. The van der Waals surface area contributed by atoms with Crippen LogP contribution in [-0.4, -0.2) is 30.6 Å². The molecule has 0 aromatic heterocycles. The van der Waals surface area contributed by atoms with E-state index in [0.717, 1.165) is 12.8 Å². The van der Waals surface area contributed by atoms with Gasteiger partial charge in [-0.25, -0.2) is 0 Å².